The molecule has 1 saturated carbocycles. The van der Waals surface area contributed by atoms with E-state index in [0.29, 0.717) is 5.41 Å². The van der Waals surface area contributed by atoms with E-state index < -0.39 is 0 Å². The first kappa shape index (κ1) is 8.80. The van der Waals surface area contributed by atoms with E-state index in [2.05, 4.69) is 25.1 Å². The molecule has 0 aliphatic heterocycles. The van der Waals surface area contributed by atoms with Gasteiger partial charge in [-0.05, 0) is 42.0 Å². The summed E-state index contributed by atoms with van der Waals surface area (Å²) < 4.78 is 0. The molecular formula is C13H16. The van der Waals surface area contributed by atoms with Crippen molar-refractivity contribution in [3.8, 4) is 0 Å². The van der Waals surface area contributed by atoms with Crippen molar-refractivity contribution in [3.63, 3.8) is 0 Å². The van der Waals surface area contributed by atoms with E-state index in [-0.39, 0.29) is 0 Å². The zero-order chi connectivity index (χ0) is 9.15. The summed E-state index contributed by atoms with van der Waals surface area (Å²) >= 11 is 0. The van der Waals surface area contributed by atoms with Crippen LogP contribution in [0.2, 0.25) is 0 Å². The topological polar surface area (TPSA) is 0 Å². The molecule has 0 nitrogen and oxygen atoms in total. The largest absolute Gasteiger partial charge is 0.0555 e. The van der Waals surface area contributed by atoms with Crippen molar-refractivity contribution in [1.29, 1.82) is 0 Å². The maximum Gasteiger partial charge on any atom is -0.00689 e. The van der Waals surface area contributed by atoms with Crippen LogP contribution in [0.25, 0.3) is 0 Å². The summed E-state index contributed by atoms with van der Waals surface area (Å²) in [6, 6.07) is 12.5. The smallest absolute Gasteiger partial charge is 0.00689 e. The van der Waals surface area contributed by atoms with Gasteiger partial charge in [-0.15, -0.1) is 0 Å². The molecule has 0 atom stereocenters. The van der Waals surface area contributed by atoms with Crippen LogP contribution in [0.15, 0.2) is 18.2 Å². The van der Waals surface area contributed by atoms with Gasteiger partial charge in [-0.3, -0.25) is 0 Å². The molecule has 1 aliphatic rings. The molecule has 0 N–H and O–H groups in total. The molecule has 2 radical (unpaired) electrons. The summed E-state index contributed by atoms with van der Waals surface area (Å²) in [7, 11) is 0. The predicted molar refractivity (Wildman–Crippen MR) is 54.6 cm³/mol. The molecule has 2 rings (SSSR count). The molecule has 0 aromatic heterocycles. The Morgan fingerprint density at radius 1 is 1.15 bits per heavy atom. The number of hydrogen-bond donors (Lipinski definition) is 0. The molecule has 68 valence electrons. The molecule has 0 unspecified atom stereocenters. The molecule has 1 aromatic rings. The van der Waals surface area contributed by atoms with Crippen molar-refractivity contribution < 1.29 is 0 Å². The van der Waals surface area contributed by atoms with Crippen LogP contribution in [0.5, 0.6) is 0 Å². The van der Waals surface area contributed by atoms with Gasteiger partial charge in [0, 0.05) is 0 Å². The van der Waals surface area contributed by atoms with Gasteiger partial charge in [-0.1, -0.05) is 38.3 Å². The van der Waals surface area contributed by atoms with Gasteiger partial charge in [0.25, 0.3) is 0 Å². The van der Waals surface area contributed by atoms with Crippen LogP contribution in [0.1, 0.15) is 44.6 Å². The van der Waals surface area contributed by atoms with E-state index in [1.54, 1.807) is 0 Å². The highest BCUT2D eigenvalue weighted by molar-refractivity contribution is 5.22. The fraction of sp³-hybridized carbons (Fsp3) is 0.538. The molecule has 1 fully saturated rings. The van der Waals surface area contributed by atoms with Crippen molar-refractivity contribution in [3.05, 3.63) is 35.9 Å². The Morgan fingerprint density at radius 3 is 2.54 bits per heavy atom. The molecule has 0 spiro atoms. The average Bonchev–Trinajstić information content (AvgIpc) is 2.20. The first-order chi connectivity index (χ1) is 6.31. The molecular weight excluding hydrogens is 156 g/mol. The molecule has 0 heteroatoms. The average molecular weight is 172 g/mol. The summed E-state index contributed by atoms with van der Waals surface area (Å²) in [5, 5.41) is 0. The van der Waals surface area contributed by atoms with Crippen molar-refractivity contribution >= 4 is 0 Å². The Kier molecular flexibility index (Phi) is 2.39. The van der Waals surface area contributed by atoms with Gasteiger partial charge in [0.15, 0.2) is 0 Å². The zero-order valence-electron chi connectivity index (χ0n) is 8.27. The lowest BCUT2D eigenvalue weighted by Gasteiger charge is -2.33. The Hall–Kier alpha value is -0.780. The summed E-state index contributed by atoms with van der Waals surface area (Å²) in [4.78, 5) is 0. The maximum absolute atomic E-state index is 3.35. The summed E-state index contributed by atoms with van der Waals surface area (Å²) in [6.45, 7) is 2.37. The first-order valence-corrected chi connectivity index (χ1v) is 5.20. The highest BCUT2D eigenvalue weighted by Gasteiger charge is 2.28. The van der Waals surface area contributed by atoms with Crippen LogP contribution in [-0.2, 0) is 5.41 Å². The van der Waals surface area contributed by atoms with E-state index in [0.717, 1.165) is 0 Å². The Morgan fingerprint density at radius 2 is 1.92 bits per heavy atom. The normalized spacial score (nSPS) is 21.3. The third-order valence-electron chi connectivity index (χ3n) is 3.25. The maximum atomic E-state index is 3.35. The van der Waals surface area contributed by atoms with Gasteiger partial charge < -0.3 is 0 Å². The highest BCUT2D eigenvalue weighted by atomic mass is 14.3. The van der Waals surface area contributed by atoms with Gasteiger partial charge in [0.05, 0.1) is 0 Å². The lowest BCUT2D eigenvalue weighted by Crippen LogP contribution is -2.24. The SMILES string of the molecule is CC1(c2[c]cc[c]c2)CCCCC1. The number of hydrogen-bond acceptors (Lipinski definition) is 0. The standard InChI is InChI=1S/C13H16/c1-13(10-6-3-7-11-13)12-8-4-2-5-9-12/h2,4,9H,3,6-7,10-11H2,1H3. The van der Waals surface area contributed by atoms with Gasteiger partial charge in [0.1, 0.15) is 0 Å². The van der Waals surface area contributed by atoms with Crippen LogP contribution in [0.4, 0.5) is 0 Å². The molecule has 0 bridgehead atoms. The molecule has 1 aliphatic carbocycles. The summed E-state index contributed by atoms with van der Waals surface area (Å²) in [5.41, 5.74) is 1.74. The van der Waals surface area contributed by atoms with Gasteiger partial charge >= 0.3 is 0 Å². The third kappa shape index (κ3) is 1.77. The van der Waals surface area contributed by atoms with E-state index >= 15 is 0 Å². The highest BCUT2D eigenvalue weighted by Crippen LogP contribution is 2.38. The van der Waals surface area contributed by atoms with Crippen LogP contribution >= 0.6 is 0 Å². The van der Waals surface area contributed by atoms with Crippen LogP contribution in [-0.4, -0.2) is 0 Å². The fourth-order valence-corrected chi connectivity index (χ4v) is 2.30. The Balaban J connectivity index is 2.23. The molecule has 1 aromatic carbocycles. The molecule has 0 amide bonds. The van der Waals surface area contributed by atoms with Crippen molar-refractivity contribution in [2.45, 2.75) is 44.4 Å². The second-order valence-corrected chi connectivity index (χ2v) is 4.32. The van der Waals surface area contributed by atoms with E-state index in [9.17, 15) is 0 Å². The third-order valence-corrected chi connectivity index (χ3v) is 3.25. The fourth-order valence-electron chi connectivity index (χ4n) is 2.30. The van der Waals surface area contributed by atoms with Gasteiger partial charge in [-0.25, -0.2) is 0 Å². The second kappa shape index (κ2) is 3.53. The van der Waals surface area contributed by atoms with E-state index in [1.807, 2.05) is 12.1 Å². The zero-order valence-corrected chi connectivity index (χ0v) is 8.27. The first-order valence-electron chi connectivity index (χ1n) is 5.20. The Labute approximate surface area is 81.0 Å². The van der Waals surface area contributed by atoms with Gasteiger partial charge in [0.2, 0.25) is 0 Å². The van der Waals surface area contributed by atoms with E-state index in [4.69, 9.17) is 0 Å². The molecule has 0 heterocycles. The van der Waals surface area contributed by atoms with Crippen molar-refractivity contribution in [2.75, 3.05) is 0 Å². The molecule has 0 saturated heterocycles. The summed E-state index contributed by atoms with van der Waals surface area (Å²) in [6.07, 6.45) is 6.80. The lowest BCUT2D eigenvalue weighted by atomic mass is 9.71. The Bertz CT molecular complexity index is 255. The minimum Gasteiger partial charge on any atom is -0.0555 e. The predicted octanol–water partition coefficient (Wildman–Crippen LogP) is 3.51. The summed E-state index contributed by atoms with van der Waals surface area (Å²) in [5.74, 6) is 0. The minimum absolute atomic E-state index is 0.385. The van der Waals surface area contributed by atoms with Gasteiger partial charge in [-0.2, -0.15) is 0 Å². The van der Waals surface area contributed by atoms with Crippen molar-refractivity contribution in [2.24, 2.45) is 0 Å². The van der Waals surface area contributed by atoms with Crippen LogP contribution in [0.3, 0.4) is 0 Å². The molecule has 13 heavy (non-hydrogen) atoms. The van der Waals surface area contributed by atoms with E-state index in [1.165, 1.54) is 37.7 Å². The minimum atomic E-state index is 0.385. The number of rotatable bonds is 1. The van der Waals surface area contributed by atoms with Crippen LogP contribution < -0.4 is 0 Å². The van der Waals surface area contributed by atoms with Crippen molar-refractivity contribution in [1.82, 2.24) is 0 Å². The lowest BCUT2D eigenvalue weighted by molar-refractivity contribution is 0.319. The monoisotopic (exact) mass is 172 g/mol. The van der Waals surface area contributed by atoms with Crippen LogP contribution in [0, 0.1) is 12.1 Å². The second-order valence-electron chi connectivity index (χ2n) is 4.32. The quantitative estimate of drug-likeness (QED) is 0.608. The number of benzene rings is 1.